The molecular formula is C11H17F2NO9. The highest BCUT2D eigenvalue weighted by Crippen LogP contribution is 2.30. The maximum Gasteiger partial charge on any atom is 0.364 e. The maximum atomic E-state index is 12.3. The summed E-state index contributed by atoms with van der Waals surface area (Å²) in [5.41, 5.74) is 0. The molecule has 0 bridgehead atoms. The molecule has 0 aromatic heterocycles. The predicted octanol–water partition coefficient (Wildman–Crippen LogP) is -3.63. The van der Waals surface area contributed by atoms with E-state index in [0.29, 0.717) is 0 Å². The number of carboxylic acid groups (broad SMARTS) is 1. The Kier molecular flexibility index (Phi) is 6.33. The second-order valence-corrected chi connectivity index (χ2v) is 5.02. The van der Waals surface area contributed by atoms with Gasteiger partial charge >= 0.3 is 12.4 Å². The van der Waals surface area contributed by atoms with Crippen molar-refractivity contribution in [1.82, 2.24) is 5.32 Å². The Morgan fingerprint density at radius 1 is 1.35 bits per heavy atom. The van der Waals surface area contributed by atoms with Gasteiger partial charge in [-0.05, 0) is 0 Å². The third kappa shape index (κ3) is 4.31. The Bertz CT molecular complexity index is 451. The number of halogens is 2. The first kappa shape index (κ1) is 19.6. The van der Waals surface area contributed by atoms with Gasteiger partial charge in [-0.2, -0.15) is 8.78 Å². The number of aliphatic hydroxyl groups is 5. The van der Waals surface area contributed by atoms with Crippen LogP contribution in [0.15, 0.2) is 0 Å². The number of alkyl halides is 2. The number of rotatable bonds is 6. The fourth-order valence-corrected chi connectivity index (χ4v) is 2.13. The van der Waals surface area contributed by atoms with Crippen molar-refractivity contribution in [1.29, 1.82) is 0 Å². The fraction of sp³-hybridized carbons (Fsp3) is 0.818. The molecule has 1 aliphatic rings. The highest BCUT2D eigenvalue weighted by atomic mass is 19.3. The number of carbonyl (C=O) groups is 2. The molecule has 0 spiro atoms. The minimum Gasteiger partial charge on any atom is -0.477 e. The first-order valence-electron chi connectivity index (χ1n) is 6.40. The molecule has 1 saturated heterocycles. The van der Waals surface area contributed by atoms with Crippen molar-refractivity contribution in [2.24, 2.45) is 0 Å². The second-order valence-electron chi connectivity index (χ2n) is 5.02. The number of carboxylic acids is 1. The smallest absolute Gasteiger partial charge is 0.364 e. The van der Waals surface area contributed by atoms with Gasteiger partial charge in [0.05, 0.1) is 18.8 Å². The van der Waals surface area contributed by atoms with Crippen molar-refractivity contribution in [3.8, 4) is 0 Å². The topological polar surface area (TPSA) is 177 Å². The summed E-state index contributed by atoms with van der Waals surface area (Å²) in [4.78, 5) is 22.0. The van der Waals surface area contributed by atoms with Gasteiger partial charge < -0.3 is 40.7 Å². The van der Waals surface area contributed by atoms with Crippen molar-refractivity contribution < 1.29 is 53.7 Å². The molecular weight excluding hydrogens is 328 g/mol. The van der Waals surface area contributed by atoms with Crippen LogP contribution in [0.1, 0.15) is 6.42 Å². The van der Waals surface area contributed by atoms with Gasteiger partial charge in [-0.25, -0.2) is 4.79 Å². The zero-order valence-corrected chi connectivity index (χ0v) is 11.5. The summed E-state index contributed by atoms with van der Waals surface area (Å²) in [5, 5.41) is 58.1. The molecule has 1 amide bonds. The molecule has 1 aliphatic heterocycles. The minimum atomic E-state index is -3.47. The van der Waals surface area contributed by atoms with Crippen LogP contribution in [0, 0.1) is 0 Å². The molecule has 23 heavy (non-hydrogen) atoms. The van der Waals surface area contributed by atoms with E-state index in [2.05, 4.69) is 0 Å². The van der Waals surface area contributed by atoms with Gasteiger partial charge in [-0.3, -0.25) is 4.79 Å². The van der Waals surface area contributed by atoms with Gasteiger partial charge in [0.25, 0.3) is 11.7 Å². The largest absolute Gasteiger partial charge is 0.477 e. The van der Waals surface area contributed by atoms with Crippen molar-refractivity contribution in [3.63, 3.8) is 0 Å². The van der Waals surface area contributed by atoms with E-state index in [-0.39, 0.29) is 0 Å². The fourth-order valence-electron chi connectivity index (χ4n) is 2.13. The molecule has 1 fully saturated rings. The van der Waals surface area contributed by atoms with Crippen LogP contribution in [-0.4, -0.2) is 91.8 Å². The normalized spacial score (nSPS) is 34.0. The summed E-state index contributed by atoms with van der Waals surface area (Å²) in [6.07, 6.45) is -12.3. The molecule has 6 atom stereocenters. The van der Waals surface area contributed by atoms with Crippen LogP contribution in [0.5, 0.6) is 0 Å². The molecule has 0 radical (unpaired) electrons. The van der Waals surface area contributed by atoms with E-state index in [9.17, 15) is 38.8 Å². The Morgan fingerprint density at radius 3 is 2.35 bits per heavy atom. The SMILES string of the molecule is O=C(N[C@H]1[C@H]([C@H](O)[C@H](O)CO)O[C@](O)(C(=O)O)C[C@@H]1O)C(F)F. The Labute approximate surface area is 127 Å². The number of aliphatic carboxylic acids is 1. The minimum absolute atomic E-state index is 0.991. The van der Waals surface area contributed by atoms with Gasteiger partial charge in [0.2, 0.25) is 0 Å². The van der Waals surface area contributed by atoms with E-state index in [1.54, 1.807) is 5.32 Å². The Morgan fingerprint density at radius 2 is 1.91 bits per heavy atom. The highest BCUT2D eigenvalue weighted by molar-refractivity contribution is 5.80. The molecule has 0 aliphatic carbocycles. The van der Waals surface area contributed by atoms with Gasteiger partial charge in [-0.1, -0.05) is 0 Å². The van der Waals surface area contributed by atoms with Crippen LogP contribution < -0.4 is 5.32 Å². The summed E-state index contributed by atoms with van der Waals surface area (Å²) in [5.74, 6) is -6.76. The van der Waals surface area contributed by atoms with E-state index in [0.717, 1.165) is 0 Å². The van der Waals surface area contributed by atoms with Gasteiger partial charge in [0, 0.05) is 6.42 Å². The van der Waals surface area contributed by atoms with Crippen LogP contribution in [0.3, 0.4) is 0 Å². The average Bonchev–Trinajstić information content (AvgIpc) is 2.47. The number of hydrogen-bond acceptors (Lipinski definition) is 8. The number of hydrogen-bond donors (Lipinski definition) is 7. The van der Waals surface area contributed by atoms with Crippen LogP contribution in [0.25, 0.3) is 0 Å². The maximum absolute atomic E-state index is 12.3. The molecule has 10 nitrogen and oxygen atoms in total. The summed E-state index contributed by atoms with van der Waals surface area (Å²) in [6.45, 7) is -1.02. The lowest BCUT2D eigenvalue weighted by molar-refractivity contribution is -0.295. The standard InChI is InChI=1S/C11H17F2NO9/c12-8(13)9(19)14-5-3(16)1-11(22,10(20)21)23-7(5)6(18)4(17)2-15/h3-8,15-18,22H,1-2H2,(H,14,19)(H,20,21)/t3-,4+,5+,6+,7+,11-/m0/s1. The number of ether oxygens (including phenoxy) is 1. The van der Waals surface area contributed by atoms with Crippen molar-refractivity contribution in [2.45, 2.75) is 49.1 Å². The molecule has 0 aromatic rings. The lowest BCUT2D eigenvalue weighted by Gasteiger charge is -2.44. The Balaban J connectivity index is 3.09. The lowest BCUT2D eigenvalue weighted by atomic mass is 9.88. The number of carbonyl (C=O) groups excluding carboxylic acids is 1. The van der Waals surface area contributed by atoms with E-state index in [4.69, 9.17) is 14.9 Å². The molecule has 0 saturated carbocycles. The summed E-state index contributed by atoms with van der Waals surface area (Å²) in [7, 11) is 0. The van der Waals surface area contributed by atoms with E-state index < -0.39 is 67.6 Å². The quantitative estimate of drug-likeness (QED) is 0.256. The molecule has 7 N–H and O–H groups in total. The predicted molar refractivity (Wildman–Crippen MR) is 65.1 cm³/mol. The number of aliphatic hydroxyl groups excluding tert-OH is 4. The van der Waals surface area contributed by atoms with Crippen LogP contribution >= 0.6 is 0 Å². The van der Waals surface area contributed by atoms with Gasteiger partial charge in [-0.15, -0.1) is 0 Å². The third-order valence-corrected chi connectivity index (χ3v) is 3.34. The van der Waals surface area contributed by atoms with Crippen LogP contribution in [-0.2, 0) is 14.3 Å². The molecule has 1 heterocycles. The zero-order chi connectivity index (χ0) is 17.9. The molecule has 1 rings (SSSR count). The van der Waals surface area contributed by atoms with E-state index in [1.807, 2.05) is 0 Å². The van der Waals surface area contributed by atoms with Gasteiger partial charge in [0.1, 0.15) is 18.3 Å². The summed E-state index contributed by atoms with van der Waals surface area (Å²) in [6, 6.07) is -1.76. The Hall–Kier alpha value is -1.44. The second kappa shape index (κ2) is 7.42. The van der Waals surface area contributed by atoms with Gasteiger partial charge in [0.15, 0.2) is 0 Å². The number of nitrogens with one attached hydrogen (secondary N) is 1. The third-order valence-electron chi connectivity index (χ3n) is 3.34. The molecule has 134 valence electrons. The first-order valence-corrected chi connectivity index (χ1v) is 6.40. The van der Waals surface area contributed by atoms with Crippen molar-refractivity contribution in [2.75, 3.05) is 6.61 Å². The molecule has 0 aromatic carbocycles. The van der Waals surface area contributed by atoms with Crippen LogP contribution in [0.4, 0.5) is 8.78 Å². The molecule has 12 heteroatoms. The monoisotopic (exact) mass is 345 g/mol. The van der Waals surface area contributed by atoms with Crippen LogP contribution in [0.2, 0.25) is 0 Å². The van der Waals surface area contributed by atoms with Crippen molar-refractivity contribution in [3.05, 3.63) is 0 Å². The number of amides is 1. The average molecular weight is 345 g/mol. The summed E-state index contributed by atoms with van der Waals surface area (Å²) < 4.78 is 29.3. The van der Waals surface area contributed by atoms with E-state index >= 15 is 0 Å². The first-order chi connectivity index (χ1) is 10.5. The van der Waals surface area contributed by atoms with Crippen molar-refractivity contribution >= 4 is 11.9 Å². The van der Waals surface area contributed by atoms with E-state index in [1.165, 1.54) is 0 Å². The molecule has 0 unspecified atom stereocenters. The highest BCUT2D eigenvalue weighted by Gasteiger charge is 2.54. The summed E-state index contributed by atoms with van der Waals surface area (Å²) >= 11 is 0. The zero-order valence-electron chi connectivity index (χ0n) is 11.5. The lowest BCUT2D eigenvalue weighted by Crippen LogP contribution is -2.67.